The van der Waals surface area contributed by atoms with E-state index in [4.69, 9.17) is 10.2 Å². The fourth-order valence-corrected chi connectivity index (χ4v) is 1.99. The summed E-state index contributed by atoms with van der Waals surface area (Å²) in [6.45, 7) is 0. The van der Waals surface area contributed by atoms with Crippen LogP contribution in [0.4, 0.5) is 0 Å². The van der Waals surface area contributed by atoms with Crippen LogP contribution >= 0.6 is 0 Å². The second-order valence-electron chi connectivity index (χ2n) is 4.80. The molecule has 0 spiro atoms. The Labute approximate surface area is 93.9 Å². The maximum absolute atomic E-state index is 9.35. The molecule has 0 amide bonds. The Morgan fingerprint density at radius 1 is 1.31 bits per heavy atom. The average Bonchev–Trinajstić information content (AvgIpc) is 2.85. The molecule has 1 saturated carbocycles. The van der Waals surface area contributed by atoms with E-state index in [1.165, 1.54) is 0 Å². The molecule has 16 heavy (non-hydrogen) atoms. The second kappa shape index (κ2) is 3.25. The van der Waals surface area contributed by atoms with Gasteiger partial charge in [-0.3, -0.25) is 0 Å². The third-order valence-corrected chi connectivity index (χ3v) is 3.31. The summed E-state index contributed by atoms with van der Waals surface area (Å²) in [7, 11) is 0. The standard InChI is InChI=1S/C13H15NO2/c14-13(5-6-13)4-3-11-8-9-7-10(15)1-2-12(9)16-11/h1-2,7-8,15H,3-6,14H2. The van der Waals surface area contributed by atoms with Gasteiger partial charge in [0.05, 0.1) is 0 Å². The quantitative estimate of drug-likeness (QED) is 0.830. The van der Waals surface area contributed by atoms with Crippen LogP contribution in [-0.2, 0) is 6.42 Å². The molecule has 1 heterocycles. The molecule has 3 rings (SSSR count). The summed E-state index contributed by atoms with van der Waals surface area (Å²) in [5.74, 6) is 1.23. The van der Waals surface area contributed by atoms with Gasteiger partial charge in [0.25, 0.3) is 0 Å². The molecule has 0 atom stereocenters. The average molecular weight is 217 g/mol. The third kappa shape index (κ3) is 1.78. The van der Waals surface area contributed by atoms with Gasteiger partial charge >= 0.3 is 0 Å². The number of nitrogens with two attached hydrogens (primary N) is 1. The molecule has 84 valence electrons. The maximum Gasteiger partial charge on any atom is 0.134 e. The van der Waals surface area contributed by atoms with Crippen LogP contribution in [0.25, 0.3) is 11.0 Å². The number of benzene rings is 1. The summed E-state index contributed by atoms with van der Waals surface area (Å²) in [5.41, 5.74) is 6.93. The van der Waals surface area contributed by atoms with E-state index in [9.17, 15) is 5.11 Å². The largest absolute Gasteiger partial charge is 0.508 e. The third-order valence-electron chi connectivity index (χ3n) is 3.31. The number of aryl methyl sites for hydroxylation is 1. The molecule has 3 heteroatoms. The van der Waals surface area contributed by atoms with Crippen LogP contribution in [0.15, 0.2) is 28.7 Å². The van der Waals surface area contributed by atoms with Gasteiger partial charge in [-0.05, 0) is 43.5 Å². The molecule has 0 saturated heterocycles. The highest BCUT2D eigenvalue weighted by Gasteiger charge is 2.37. The van der Waals surface area contributed by atoms with Gasteiger partial charge in [-0.1, -0.05) is 0 Å². The van der Waals surface area contributed by atoms with Crippen LogP contribution < -0.4 is 5.73 Å². The van der Waals surface area contributed by atoms with E-state index in [2.05, 4.69) is 0 Å². The molecule has 1 aliphatic rings. The molecule has 1 aliphatic carbocycles. The highest BCUT2D eigenvalue weighted by atomic mass is 16.3. The normalized spacial score (nSPS) is 17.8. The molecule has 0 unspecified atom stereocenters. The van der Waals surface area contributed by atoms with Gasteiger partial charge in [-0.25, -0.2) is 0 Å². The summed E-state index contributed by atoms with van der Waals surface area (Å²) in [5, 5.41) is 10.3. The van der Waals surface area contributed by atoms with Crippen molar-refractivity contribution in [2.75, 3.05) is 0 Å². The van der Waals surface area contributed by atoms with E-state index >= 15 is 0 Å². The minimum absolute atomic E-state index is 0.0705. The van der Waals surface area contributed by atoms with Gasteiger partial charge in [0.15, 0.2) is 0 Å². The van der Waals surface area contributed by atoms with Crippen molar-refractivity contribution in [3.05, 3.63) is 30.0 Å². The van der Waals surface area contributed by atoms with Gasteiger partial charge in [0.1, 0.15) is 17.1 Å². The summed E-state index contributed by atoms with van der Waals surface area (Å²) in [6, 6.07) is 7.14. The minimum atomic E-state index is 0.0705. The van der Waals surface area contributed by atoms with Crippen LogP contribution in [0.1, 0.15) is 25.0 Å². The second-order valence-corrected chi connectivity index (χ2v) is 4.80. The van der Waals surface area contributed by atoms with Crippen LogP contribution in [-0.4, -0.2) is 10.6 Å². The van der Waals surface area contributed by atoms with Crippen molar-refractivity contribution in [2.45, 2.75) is 31.2 Å². The zero-order chi connectivity index (χ0) is 11.2. The molecule has 3 nitrogen and oxygen atoms in total. The van der Waals surface area contributed by atoms with E-state index < -0.39 is 0 Å². The minimum Gasteiger partial charge on any atom is -0.508 e. The molecular formula is C13H15NO2. The first kappa shape index (κ1) is 9.73. The maximum atomic E-state index is 9.35. The highest BCUT2D eigenvalue weighted by Crippen LogP contribution is 2.37. The number of rotatable bonds is 3. The van der Waals surface area contributed by atoms with Crippen molar-refractivity contribution < 1.29 is 9.52 Å². The molecule has 0 aliphatic heterocycles. The fourth-order valence-electron chi connectivity index (χ4n) is 1.99. The number of hydrogen-bond acceptors (Lipinski definition) is 3. The number of aromatic hydroxyl groups is 1. The van der Waals surface area contributed by atoms with Crippen LogP contribution in [0.2, 0.25) is 0 Å². The Bertz CT molecular complexity index is 526. The zero-order valence-electron chi connectivity index (χ0n) is 9.07. The van der Waals surface area contributed by atoms with Crippen molar-refractivity contribution in [3.8, 4) is 5.75 Å². The molecule has 1 aromatic carbocycles. The summed E-state index contributed by atoms with van der Waals surface area (Å²) in [6.07, 6.45) is 4.13. The predicted molar refractivity (Wildman–Crippen MR) is 62.4 cm³/mol. The number of phenolic OH excluding ortho intramolecular Hbond substituents is 1. The van der Waals surface area contributed by atoms with Gasteiger partial charge in [-0.2, -0.15) is 0 Å². The van der Waals surface area contributed by atoms with Crippen molar-refractivity contribution in [1.29, 1.82) is 0 Å². The smallest absolute Gasteiger partial charge is 0.134 e. The summed E-state index contributed by atoms with van der Waals surface area (Å²) >= 11 is 0. The molecule has 1 aromatic heterocycles. The monoisotopic (exact) mass is 217 g/mol. The number of phenols is 1. The Balaban J connectivity index is 1.82. The number of fused-ring (bicyclic) bond motifs is 1. The van der Waals surface area contributed by atoms with Crippen LogP contribution in [0, 0.1) is 0 Å². The Morgan fingerprint density at radius 2 is 2.12 bits per heavy atom. The lowest BCUT2D eigenvalue weighted by atomic mass is 10.1. The van der Waals surface area contributed by atoms with E-state index in [1.54, 1.807) is 18.2 Å². The predicted octanol–water partition coefficient (Wildman–Crippen LogP) is 2.56. The Morgan fingerprint density at radius 3 is 2.88 bits per heavy atom. The Hall–Kier alpha value is -1.48. The van der Waals surface area contributed by atoms with Gasteiger partial charge in [-0.15, -0.1) is 0 Å². The fraction of sp³-hybridized carbons (Fsp3) is 0.385. The van der Waals surface area contributed by atoms with E-state index in [0.717, 1.165) is 42.4 Å². The van der Waals surface area contributed by atoms with Crippen LogP contribution in [0.5, 0.6) is 5.75 Å². The molecule has 0 radical (unpaired) electrons. The van der Waals surface area contributed by atoms with Gasteiger partial charge in [0, 0.05) is 17.3 Å². The van der Waals surface area contributed by atoms with E-state index in [-0.39, 0.29) is 11.3 Å². The topological polar surface area (TPSA) is 59.4 Å². The summed E-state index contributed by atoms with van der Waals surface area (Å²) < 4.78 is 5.68. The van der Waals surface area contributed by atoms with Crippen molar-refractivity contribution in [2.24, 2.45) is 5.73 Å². The molecule has 0 bridgehead atoms. The van der Waals surface area contributed by atoms with E-state index in [0.29, 0.717) is 0 Å². The van der Waals surface area contributed by atoms with Gasteiger partial charge < -0.3 is 15.3 Å². The molecule has 3 N–H and O–H groups in total. The lowest BCUT2D eigenvalue weighted by molar-refractivity contribution is 0.475. The Kier molecular flexibility index (Phi) is 1.98. The molecule has 2 aromatic rings. The number of furan rings is 1. The van der Waals surface area contributed by atoms with Crippen molar-refractivity contribution in [1.82, 2.24) is 0 Å². The van der Waals surface area contributed by atoms with Crippen molar-refractivity contribution in [3.63, 3.8) is 0 Å². The number of hydrogen-bond donors (Lipinski definition) is 2. The summed E-state index contributed by atoms with van der Waals surface area (Å²) in [4.78, 5) is 0. The van der Waals surface area contributed by atoms with Crippen LogP contribution in [0.3, 0.4) is 0 Å². The highest BCUT2D eigenvalue weighted by molar-refractivity contribution is 5.79. The van der Waals surface area contributed by atoms with E-state index in [1.807, 2.05) is 6.07 Å². The molecule has 1 fully saturated rings. The molecular weight excluding hydrogens is 202 g/mol. The van der Waals surface area contributed by atoms with Crippen molar-refractivity contribution >= 4 is 11.0 Å². The first-order valence-electron chi connectivity index (χ1n) is 5.65. The van der Waals surface area contributed by atoms with Gasteiger partial charge in [0.2, 0.25) is 0 Å². The zero-order valence-corrected chi connectivity index (χ0v) is 9.07. The first-order chi connectivity index (χ1) is 7.65. The SMILES string of the molecule is NC1(CCc2cc3cc(O)ccc3o2)CC1. The first-order valence-corrected chi connectivity index (χ1v) is 5.65. The lowest BCUT2D eigenvalue weighted by Crippen LogP contribution is -2.21. The lowest BCUT2D eigenvalue weighted by Gasteiger charge is -2.04.